The summed E-state index contributed by atoms with van der Waals surface area (Å²) < 4.78 is 6.25. The first-order valence-corrected chi connectivity index (χ1v) is 16.8. The number of hydrogen-bond donors (Lipinski definition) is 0. The number of fused-ring (bicyclic) bond motifs is 6. The van der Waals surface area contributed by atoms with E-state index >= 15 is 0 Å². The molecule has 0 N–H and O–H groups in total. The van der Waals surface area contributed by atoms with E-state index in [4.69, 9.17) is 4.42 Å². The van der Waals surface area contributed by atoms with Crippen LogP contribution in [0.15, 0.2) is 186 Å². The van der Waals surface area contributed by atoms with E-state index in [2.05, 4.69) is 170 Å². The molecule has 1 heterocycles. The van der Waals surface area contributed by atoms with Crippen LogP contribution >= 0.6 is 0 Å². The van der Waals surface area contributed by atoms with E-state index in [0.29, 0.717) is 0 Å². The third-order valence-electron chi connectivity index (χ3n) is 10.0. The lowest BCUT2D eigenvalue weighted by atomic mass is 9.85. The highest BCUT2D eigenvalue weighted by molar-refractivity contribution is 6.20. The largest absolute Gasteiger partial charge is 0.456 e. The Hall–Kier alpha value is -6.44. The number of para-hydroxylation sites is 1. The lowest BCUT2D eigenvalue weighted by Gasteiger charge is -2.18. The molecule has 10 rings (SSSR count). The van der Waals surface area contributed by atoms with Crippen LogP contribution in [0.4, 0.5) is 0 Å². The Balaban J connectivity index is 1.29. The molecule has 0 atom stereocenters. The molecule has 0 saturated heterocycles. The lowest BCUT2D eigenvalue weighted by Crippen LogP contribution is -1.91. The average molecular weight is 623 g/mol. The van der Waals surface area contributed by atoms with Gasteiger partial charge >= 0.3 is 0 Å². The normalized spacial score (nSPS) is 11.7. The zero-order valence-corrected chi connectivity index (χ0v) is 26.7. The van der Waals surface area contributed by atoms with Crippen molar-refractivity contribution in [1.29, 1.82) is 0 Å². The van der Waals surface area contributed by atoms with Crippen LogP contribution in [0, 0.1) is 0 Å². The Bertz CT molecular complexity index is 2870. The zero-order chi connectivity index (χ0) is 32.3. The quantitative estimate of drug-likeness (QED) is 0.178. The van der Waals surface area contributed by atoms with Gasteiger partial charge in [0.15, 0.2) is 0 Å². The third-order valence-corrected chi connectivity index (χ3v) is 10.0. The molecule has 0 unspecified atom stereocenters. The summed E-state index contributed by atoms with van der Waals surface area (Å²) in [5.41, 5.74) is 11.5. The van der Waals surface area contributed by atoms with E-state index in [1.807, 2.05) is 12.1 Å². The summed E-state index contributed by atoms with van der Waals surface area (Å²) in [6.45, 7) is 0. The molecule has 0 bridgehead atoms. The third kappa shape index (κ3) is 4.55. The standard InChI is InChI=1S/C48H30O/c1-2-11-31(12-3-1)34-15-8-16-35(27-34)38-18-9-20-41-43(38)30-44-39(36-24-23-32-13-4-5-14-33(32)28-36)19-10-21-42(44)48(41)37-25-26-47-45(29-37)40-17-6-7-22-46(40)49-47/h1-30H. The predicted octanol–water partition coefficient (Wildman–Crippen LogP) is 13.7. The molecule has 0 aliphatic rings. The maximum Gasteiger partial charge on any atom is 0.135 e. The van der Waals surface area contributed by atoms with Crippen molar-refractivity contribution in [2.45, 2.75) is 0 Å². The Morgan fingerprint density at radius 3 is 1.67 bits per heavy atom. The summed E-state index contributed by atoms with van der Waals surface area (Å²) in [6.07, 6.45) is 0. The first-order chi connectivity index (χ1) is 24.3. The highest BCUT2D eigenvalue weighted by atomic mass is 16.3. The van der Waals surface area contributed by atoms with Crippen molar-refractivity contribution in [3.63, 3.8) is 0 Å². The smallest absolute Gasteiger partial charge is 0.135 e. The molecule has 0 fully saturated rings. The summed E-state index contributed by atoms with van der Waals surface area (Å²) in [5, 5.41) is 9.71. The molecule has 228 valence electrons. The minimum Gasteiger partial charge on any atom is -0.456 e. The van der Waals surface area contributed by atoms with E-state index < -0.39 is 0 Å². The van der Waals surface area contributed by atoms with Crippen molar-refractivity contribution in [3.8, 4) is 44.5 Å². The summed E-state index contributed by atoms with van der Waals surface area (Å²) in [5.74, 6) is 0. The molecule has 0 radical (unpaired) electrons. The van der Waals surface area contributed by atoms with Crippen molar-refractivity contribution in [2.24, 2.45) is 0 Å². The molecule has 0 aliphatic heterocycles. The van der Waals surface area contributed by atoms with Crippen molar-refractivity contribution < 1.29 is 4.42 Å². The zero-order valence-electron chi connectivity index (χ0n) is 26.7. The second-order valence-corrected chi connectivity index (χ2v) is 12.9. The molecule has 0 spiro atoms. The van der Waals surface area contributed by atoms with Crippen LogP contribution < -0.4 is 0 Å². The van der Waals surface area contributed by atoms with Gasteiger partial charge in [-0.15, -0.1) is 0 Å². The number of benzene rings is 9. The molecular weight excluding hydrogens is 593 g/mol. The molecule has 1 nitrogen and oxygen atoms in total. The predicted molar refractivity (Wildman–Crippen MR) is 208 cm³/mol. The fourth-order valence-electron chi connectivity index (χ4n) is 7.72. The van der Waals surface area contributed by atoms with Crippen molar-refractivity contribution in [1.82, 2.24) is 0 Å². The van der Waals surface area contributed by atoms with Gasteiger partial charge in [-0.3, -0.25) is 0 Å². The number of furan rings is 1. The van der Waals surface area contributed by atoms with E-state index in [1.54, 1.807) is 0 Å². The van der Waals surface area contributed by atoms with Gasteiger partial charge in [-0.25, -0.2) is 0 Å². The summed E-state index contributed by atoms with van der Waals surface area (Å²) in [4.78, 5) is 0. The molecule has 49 heavy (non-hydrogen) atoms. The molecule has 9 aromatic carbocycles. The topological polar surface area (TPSA) is 13.1 Å². The number of rotatable bonds is 4. The van der Waals surface area contributed by atoms with E-state index in [9.17, 15) is 0 Å². The van der Waals surface area contributed by atoms with Crippen LogP contribution in [-0.2, 0) is 0 Å². The second-order valence-electron chi connectivity index (χ2n) is 12.9. The summed E-state index contributed by atoms with van der Waals surface area (Å²) in [7, 11) is 0. The monoisotopic (exact) mass is 622 g/mol. The van der Waals surface area contributed by atoms with Crippen molar-refractivity contribution in [3.05, 3.63) is 182 Å². The van der Waals surface area contributed by atoms with Crippen LogP contribution in [0.1, 0.15) is 0 Å². The van der Waals surface area contributed by atoms with Gasteiger partial charge in [0.25, 0.3) is 0 Å². The van der Waals surface area contributed by atoms with Gasteiger partial charge in [-0.05, 0) is 113 Å². The van der Waals surface area contributed by atoms with Gasteiger partial charge in [0.2, 0.25) is 0 Å². The molecule has 0 aliphatic carbocycles. The van der Waals surface area contributed by atoms with Crippen molar-refractivity contribution >= 4 is 54.3 Å². The van der Waals surface area contributed by atoms with Gasteiger partial charge in [0, 0.05) is 10.8 Å². The second kappa shape index (κ2) is 11.1. The van der Waals surface area contributed by atoms with E-state index in [1.165, 1.54) is 76.8 Å². The van der Waals surface area contributed by atoms with Gasteiger partial charge in [-0.2, -0.15) is 0 Å². The van der Waals surface area contributed by atoms with Crippen LogP contribution in [0.5, 0.6) is 0 Å². The first kappa shape index (κ1) is 27.7. The fourth-order valence-corrected chi connectivity index (χ4v) is 7.72. The number of hydrogen-bond acceptors (Lipinski definition) is 1. The van der Waals surface area contributed by atoms with E-state index in [-0.39, 0.29) is 0 Å². The highest BCUT2D eigenvalue weighted by Gasteiger charge is 2.18. The Morgan fingerprint density at radius 2 is 0.857 bits per heavy atom. The minimum absolute atomic E-state index is 0.907. The molecular formula is C48H30O. The Kier molecular flexibility index (Phi) is 6.25. The molecule has 0 saturated carbocycles. The van der Waals surface area contributed by atoms with Crippen LogP contribution in [0.2, 0.25) is 0 Å². The summed E-state index contributed by atoms with van der Waals surface area (Å²) >= 11 is 0. The van der Waals surface area contributed by atoms with Gasteiger partial charge in [0.05, 0.1) is 0 Å². The van der Waals surface area contributed by atoms with Crippen LogP contribution in [-0.4, -0.2) is 0 Å². The maximum atomic E-state index is 6.25. The SMILES string of the molecule is c1ccc(-c2cccc(-c3cccc4c(-c5ccc6oc7ccccc7c6c5)c5cccc(-c6ccc7ccccc7c6)c5cc34)c2)cc1. The van der Waals surface area contributed by atoms with E-state index in [0.717, 1.165) is 21.9 Å². The Morgan fingerprint density at radius 1 is 0.265 bits per heavy atom. The molecule has 1 heteroatoms. The Labute approximate surface area is 284 Å². The maximum absolute atomic E-state index is 6.25. The van der Waals surface area contributed by atoms with Crippen molar-refractivity contribution in [2.75, 3.05) is 0 Å². The minimum atomic E-state index is 0.907. The van der Waals surface area contributed by atoms with Gasteiger partial charge in [-0.1, -0.05) is 146 Å². The van der Waals surface area contributed by atoms with Gasteiger partial charge in [0.1, 0.15) is 11.2 Å². The molecule has 10 aromatic rings. The first-order valence-electron chi connectivity index (χ1n) is 16.8. The fraction of sp³-hybridized carbons (Fsp3) is 0. The van der Waals surface area contributed by atoms with Crippen LogP contribution in [0.3, 0.4) is 0 Å². The lowest BCUT2D eigenvalue weighted by molar-refractivity contribution is 0.669. The molecule has 0 amide bonds. The van der Waals surface area contributed by atoms with Gasteiger partial charge < -0.3 is 4.42 Å². The average Bonchev–Trinajstić information content (AvgIpc) is 3.55. The molecule has 1 aromatic heterocycles. The highest BCUT2D eigenvalue weighted by Crippen LogP contribution is 2.45. The van der Waals surface area contributed by atoms with Crippen LogP contribution in [0.25, 0.3) is 98.8 Å². The summed E-state index contributed by atoms with van der Waals surface area (Å²) in [6, 6.07) is 66.0.